The summed E-state index contributed by atoms with van der Waals surface area (Å²) in [6, 6.07) is 7.64. The Balaban J connectivity index is 2.22. The number of halogens is 1. The summed E-state index contributed by atoms with van der Waals surface area (Å²) in [5.74, 6) is 0.696. The zero-order valence-electron chi connectivity index (χ0n) is 10.5. The standard InChI is InChI=1S/C13H12BrN3O2/c1-7-10(8-5-3-4-6-9(8)19-7)12(18)11-13(14)15-16-17(11)2/h3-6,12,18H,1-2H3. The highest BCUT2D eigenvalue weighted by molar-refractivity contribution is 9.10. The van der Waals surface area contributed by atoms with Gasteiger partial charge in [-0.05, 0) is 28.9 Å². The quantitative estimate of drug-likeness (QED) is 0.788. The zero-order valence-corrected chi connectivity index (χ0v) is 12.0. The van der Waals surface area contributed by atoms with Crippen molar-refractivity contribution in [3.05, 3.63) is 45.9 Å². The van der Waals surface area contributed by atoms with Crippen molar-refractivity contribution in [3.8, 4) is 0 Å². The van der Waals surface area contributed by atoms with Gasteiger partial charge < -0.3 is 9.52 Å². The number of hydrogen-bond acceptors (Lipinski definition) is 4. The Morgan fingerprint density at radius 2 is 2.11 bits per heavy atom. The molecule has 6 heteroatoms. The third-order valence-electron chi connectivity index (χ3n) is 3.18. The summed E-state index contributed by atoms with van der Waals surface area (Å²) in [6.07, 6.45) is -0.835. The van der Waals surface area contributed by atoms with Gasteiger partial charge in [0.1, 0.15) is 23.1 Å². The number of aliphatic hydroxyl groups excluding tert-OH is 1. The molecule has 98 valence electrons. The molecule has 19 heavy (non-hydrogen) atoms. The molecule has 0 aliphatic carbocycles. The van der Waals surface area contributed by atoms with E-state index in [0.29, 0.717) is 16.1 Å². The lowest BCUT2D eigenvalue weighted by Crippen LogP contribution is -2.07. The average molecular weight is 322 g/mol. The van der Waals surface area contributed by atoms with Crippen LogP contribution in [0.5, 0.6) is 0 Å². The van der Waals surface area contributed by atoms with Crippen LogP contribution in [0.3, 0.4) is 0 Å². The van der Waals surface area contributed by atoms with Gasteiger partial charge in [0.25, 0.3) is 0 Å². The van der Waals surface area contributed by atoms with E-state index in [9.17, 15) is 5.11 Å². The van der Waals surface area contributed by atoms with Crippen LogP contribution in [0.15, 0.2) is 33.3 Å². The molecular formula is C13H12BrN3O2. The second-order valence-corrected chi connectivity index (χ2v) is 5.11. The van der Waals surface area contributed by atoms with Crippen molar-refractivity contribution in [2.45, 2.75) is 13.0 Å². The summed E-state index contributed by atoms with van der Waals surface area (Å²) in [4.78, 5) is 0. The normalized spacial score (nSPS) is 13.1. The Hall–Kier alpha value is -1.66. The highest BCUT2D eigenvalue weighted by Gasteiger charge is 2.25. The Morgan fingerprint density at radius 1 is 1.37 bits per heavy atom. The largest absolute Gasteiger partial charge is 0.461 e. The Morgan fingerprint density at radius 3 is 2.79 bits per heavy atom. The molecule has 3 rings (SSSR count). The maximum absolute atomic E-state index is 10.6. The zero-order chi connectivity index (χ0) is 13.6. The van der Waals surface area contributed by atoms with Crippen LogP contribution in [0, 0.1) is 6.92 Å². The molecule has 0 amide bonds. The molecule has 0 aliphatic rings. The van der Waals surface area contributed by atoms with Crippen molar-refractivity contribution in [1.82, 2.24) is 15.0 Å². The number of nitrogens with zero attached hydrogens (tertiary/aromatic N) is 3. The first kappa shape index (κ1) is 12.4. The van der Waals surface area contributed by atoms with Gasteiger partial charge in [-0.3, -0.25) is 0 Å². The maximum Gasteiger partial charge on any atom is 0.154 e. The molecule has 1 unspecified atom stereocenters. The van der Waals surface area contributed by atoms with E-state index in [1.165, 1.54) is 0 Å². The lowest BCUT2D eigenvalue weighted by Gasteiger charge is -2.10. The van der Waals surface area contributed by atoms with E-state index in [4.69, 9.17) is 4.42 Å². The fourth-order valence-corrected chi connectivity index (χ4v) is 2.84. The van der Waals surface area contributed by atoms with E-state index < -0.39 is 6.10 Å². The predicted molar refractivity (Wildman–Crippen MR) is 73.7 cm³/mol. The molecule has 2 heterocycles. The molecular weight excluding hydrogens is 310 g/mol. The van der Waals surface area contributed by atoms with Crippen LogP contribution >= 0.6 is 15.9 Å². The number of benzene rings is 1. The minimum absolute atomic E-state index is 0.534. The lowest BCUT2D eigenvalue weighted by molar-refractivity contribution is 0.208. The van der Waals surface area contributed by atoms with Gasteiger partial charge in [0.2, 0.25) is 0 Å². The predicted octanol–water partition coefficient (Wildman–Crippen LogP) is 2.71. The second-order valence-electron chi connectivity index (χ2n) is 4.36. The van der Waals surface area contributed by atoms with E-state index in [-0.39, 0.29) is 0 Å². The average Bonchev–Trinajstić information content (AvgIpc) is 2.88. The van der Waals surface area contributed by atoms with Crippen molar-refractivity contribution in [1.29, 1.82) is 0 Å². The van der Waals surface area contributed by atoms with Gasteiger partial charge in [-0.1, -0.05) is 23.4 Å². The Kier molecular flexibility index (Phi) is 2.91. The van der Waals surface area contributed by atoms with Crippen LogP contribution in [0.4, 0.5) is 0 Å². The summed E-state index contributed by atoms with van der Waals surface area (Å²) in [6.45, 7) is 1.84. The first-order valence-electron chi connectivity index (χ1n) is 5.80. The molecule has 0 saturated heterocycles. The van der Waals surface area contributed by atoms with Crippen molar-refractivity contribution < 1.29 is 9.52 Å². The Labute approximate surface area is 118 Å². The number of hydrogen-bond donors (Lipinski definition) is 1. The van der Waals surface area contributed by atoms with Gasteiger partial charge in [-0.2, -0.15) is 0 Å². The van der Waals surface area contributed by atoms with E-state index in [1.54, 1.807) is 11.7 Å². The highest BCUT2D eigenvalue weighted by atomic mass is 79.9. The van der Waals surface area contributed by atoms with Crippen molar-refractivity contribution in [3.63, 3.8) is 0 Å². The molecule has 5 nitrogen and oxygen atoms in total. The van der Waals surface area contributed by atoms with E-state index in [2.05, 4.69) is 26.2 Å². The fraction of sp³-hybridized carbons (Fsp3) is 0.231. The first-order valence-corrected chi connectivity index (χ1v) is 6.60. The van der Waals surface area contributed by atoms with Gasteiger partial charge in [0, 0.05) is 18.0 Å². The fourth-order valence-electron chi connectivity index (χ4n) is 2.29. The number of fused-ring (bicyclic) bond motifs is 1. The summed E-state index contributed by atoms with van der Waals surface area (Å²) in [5, 5.41) is 19.3. The third kappa shape index (κ3) is 1.87. The van der Waals surface area contributed by atoms with E-state index in [0.717, 1.165) is 16.5 Å². The van der Waals surface area contributed by atoms with Crippen LogP contribution in [-0.4, -0.2) is 20.1 Å². The third-order valence-corrected chi connectivity index (χ3v) is 3.74. The minimum atomic E-state index is -0.835. The van der Waals surface area contributed by atoms with Crippen molar-refractivity contribution in [2.75, 3.05) is 0 Å². The summed E-state index contributed by atoms with van der Waals surface area (Å²) in [5.41, 5.74) is 2.12. The molecule has 1 aromatic carbocycles. The molecule has 1 atom stereocenters. The number of para-hydroxylation sites is 1. The smallest absolute Gasteiger partial charge is 0.154 e. The number of aromatic nitrogens is 3. The Bertz CT molecular complexity index is 728. The molecule has 0 bridgehead atoms. The topological polar surface area (TPSA) is 64.1 Å². The molecule has 3 aromatic rings. The molecule has 2 aromatic heterocycles. The molecule has 0 spiro atoms. The molecule has 1 N–H and O–H groups in total. The van der Waals surface area contributed by atoms with Gasteiger partial charge in [0.05, 0.1) is 0 Å². The van der Waals surface area contributed by atoms with Gasteiger partial charge in [-0.15, -0.1) is 5.10 Å². The minimum Gasteiger partial charge on any atom is -0.461 e. The van der Waals surface area contributed by atoms with Gasteiger partial charge >= 0.3 is 0 Å². The van der Waals surface area contributed by atoms with E-state index in [1.807, 2.05) is 31.2 Å². The van der Waals surface area contributed by atoms with E-state index >= 15 is 0 Å². The lowest BCUT2D eigenvalue weighted by atomic mass is 10.0. The van der Waals surface area contributed by atoms with Gasteiger partial charge in [0.15, 0.2) is 4.60 Å². The summed E-state index contributed by atoms with van der Waals surface area (Å²) < 4.78 is 7.76. The van der Waals surface area contributed by atoms with Crippen molar-refractivity contribution >= 4 is 26.9 Å². The highest BCUT2D eigenvalue weighted by Crippen LogP contribution is 2.35. The number of aliphatic hydroxyl groups is 1. The molecule has 0 fully saturated rings. The SMILES string of the molecule is Cc1oc2ccccc2c1C(O)c1c(Br)nnn1C. The van der Waals surface area contributed by atoms with Crippen molar-refractivity contribution in [2.24, 2.45) is 7.05 Å². The first-order chi connectivity index (χ1) is 9.09. The molecule has 0 aliphatic heterocycles. The molecule has 0 radical (unpaired) electrons. The summed E-state index contributed by atoms with van der Waals surface area (Å²) in [7, 11) is 1.74. The maximum atomic E-state index is 10.6. The van der Waals surface area contributed by atoms with Crippen LogP contribution in [0.25, 0.3) is 11.0 Å². The van der Waals surface area contributed by atoms with Crippen LogP contribution in [0.1, 0.15) is 23.1 Å². The molecule has 0 saturated carbocycles. The number of aryl methyl sites for hydroxylation is 2. The van der Waals surface area contributed by atoms with Crippen LogP contribution in [0.2, 0.25) is 0 Å². The van der Waals surface area contributed by atoms with Crippen LogP contribution in [-0.2, 0) is 7.05 Å². The second kappa shape index (κ2) is 4.47. The number of furan rings is 1. The van der Waals surface area contributed by atoms with Crippen LogP contribution < -0.4 is 0 Å². The monoisotopic (exact) mass is 321 g/mol. The van der Waals surface area contributed by atoms with Gasteiger partial charge in [-0.25, -0.2) is 4.68 Å². The summed E-state index contributed by atoms with van der Waals surface area (Å²) >= 11 is 3.31. The number of rotatable bonds is 2.